The fourth-order valence-corrected chi connectivity index (χ4v) is 5.17. The highest BCUT2D eigenvalue weighted by atomic mass is 79.9. The second-order valence-electron chi connectivity index (χ2n) is 8.06. The van der Waals surface area contributed by atoms with E-state index < -0.39 is 0 Å². The Morgan fingerprint density at radius 2 is 1.79 bits per heavy atom. The van der Waals surface area contributed by atoms with Crippen LogP contribution in [-0.4, -0.2) is 18.2 Å². The fourth-order valence-electron chi connectivity index (χ4n) is 4.60. The summed E-state index contributed by atoms with van der Waals surface area (Å²) in [4.78, 5) is 5.15. The highest BCUT2D eigenvalue weighted by molar-refractivity contribution is 9.11. The van der Waals surface area contributed by atoms with Crippen molar-refractivity contribution in [1.29, 1.82) is 0 Å². The van der Waals surface area contributed by atoms with Gasteiger partial charge in [-0.1, -0.05) is 94.9 Å². The number of fused-ring (bicyclic) bond motifs is 1. The third kappa shape index (κ3) is 3.84. The number of hydrogen-bond acceptors (Lipinski definition) is 3. The molecule has 0 amide bonds. The van der Waals surface area contributed by atoms with E-state index >= 15 is 0 Å². The van der Waals surface area contributed by atoms with Gasteiger partial charge in [0.25, 0.3) is 0 Å². The van der Waals surface area contributed by atoms with Crippen LogP contribution in [0.3, 0.4) is 0 Å². The van der Waals surface area contributed by atoms with Crippen LogP contribution in [0.5, 0.6) is 0 Å². The van der Waals surface area contributed by atoms with Crippen LogP contribution >= 0.6 is 15.9 Å². The molecule has 0 spiro atoms. The number of rotatable bonds is 3. The van der Waals surface area contributed by atoms with E-state index in [4.69, 9.17) is 4.99 Å². The molecular formula is C25H26BrN3. The normalized spacial score (nSPS) is 35.3. The van der Waals surface area contributed by atoms with E-state index in [0.29, 0.717) is 17.8 Å². The molecule has 0 bridgehead atoms. The lowest BCUT2D eigenvalue weighted by Gasteiger charge is -2.39. The molecule has 5 unspecified atom stereocenters. The zero-order chi connectivity index (χ0) is 19.6. The largest absolute Gasteiger partial charge is 0.354 e. The van der Waals surface area contributed by atoms with Crippen molar-refractivity contribution in [2.24, 2.45) is 22.7 Å². The summed E-state index contributed by atoms with van der Waals surface area (Å²) in [6, 6.07) is 0. The molecule has 0 radical (unpaired) electrons. The van der Waals surface area contributed by atoms with Crippen molar-refractivity contribution in [2.75, 3.05) is 0 Å². The molecule has 4 aliphatic carbocycles. The van der Waals surface area contributed by atoms with Gasteiger partial charge in [-0.15, -0.1) is 0 Å². The molecular weight excluding hydrogens is 422 g/mol. The van der Waals surface area contributed by atoms with E-state index in [1.807, 2.05) is 0 Å². The number of nitrogens with zero attached hydrogens (tertiary/aromatic N) is 1. The van der Waals surface area contributed by atoms with Crippen LogP contribution < -0.4 is 10.6 Å². The molecule has 2 N–H and O–H groups in total. The minimum Gasteiger partial charge on any atom is -0.354 e. The van der Waals surface area contributed by atoms with Crippen molar-refractivity contribution in [3.05, 3.63) is 94.6 Å². The van der Waals surface area contributed by atoms with Crippen LogP contribution in [-0.2, 0) is 0 Å². The standard InChI is InChI=1S/C25H26BrN3/c26-22-16-15-21(19-13-7-8-14-20(19)22)25-28-23(17-9-3-1-4-10-17)27-24(29-25)18-11-5-2-6-12-18/h1,3-5,7-9,11-17,19-20,23-24,27H,2,6,10H2,(H,28,29). The molecule has 0 saturated heterocycles. The van der Waals surface area contributed by atoms with Crippen molar-refractivity contribution in [1.82, 2.24) is 10.6 Å². The van der Waals surface area contributed by atoms with Gasteiger partial charge < -0.3 is 5.32 Å². The summed E-state index contributed by atoms with van der Waals surface area (Å²) in [7, 11) is 0. The minimum absolute atomic E-state index is 0.0103. The summed E-state index contributed by atoms with van der Waals surface area (Å²) < 4.78 is 1.23. The van der Waals surface area contributed by atoms with Crippen LogP contribution in [0.25, 0.3) is 0 Å². The van der Waals surface area contributed by atoms with E-state index in [9.17, 15) is 0 Å². The predicted molar refractivity (Wildman–Crippen MR) is 124 cm³/mol. The molecule has 3 nitrogen and oxygen atoms in total. The zero-order valence-electron chi connectivity index (χ0n) is 16.3. The van der Waals surface area contributed by atoms with E-state index in [0.717, 1.165) is 25.1 Å². The summed E-state index contributed by atoms with van der Waals surface area (Å²) >= 11 is 3.75. The Kier molecular flexibility index (Phi) is 5.38. The molecule has 4 heteroatoms. The number of amidine groups is 1. The van der Waals surface area contributed by atoms with Gasteiger partial charge in [0.1, 0.15) is 12.0 Å². The lowest BCUT2D eigenvalue weighted by atomic mass is 9.78. The number of halogens is 1. The lowest BCUT2D eigenvalue weighted by molar-refractivity contribution is 0.342. The number of aliphatic imine (C=N–C) groups is 1. The maximum absolute atomic E-state index is 5.15. The Hall–Kier alpha value is -2.17. The van der Waals surface area contributed by atoms with Crippen LogP contribution in [0.1, 0.15) is 19.3 Å². The van der Waals surface area contributed by atoms with Crippen LogP contribution in [0, 0.1) is 17.8 Å². The van der Waals surface area contributed by atoms with Gasteiger partial charge in [0, 0.05) is 27.8 Å². The average molecular weight is 448 g/mol. The molecule has 1 heterocycles. The summed E-state index contributed by atoms with van der Waals surface area (Å²) in [5, 5.41) is 7.50. The molecule has 0 aromatic heterocycles. The Morgan fingerprint density at radius 1 is 0.931 bits per heavy atom. The Morgan fingerprint density at radius 3 is 2.59 bits per heavy atom. The first-order valence-electron chi connectivity index (χ1n) is 10.5. The third-order valence-electron chi connectivity index (χ3n) is 6.18. The Labute approximate surface area is 181 Å². The molecule has 5 aliphatic rings. The van der Waals surface area contributed by atoms with Gasteiger partial charge in [0.2, 0.25) is 0 Å². The van der Waals surface area contributed by atoms with Gasteiger partial charge in [-0.25, -0.2) is 4.99 Å². The SMILES string of the molecule is BrC1=CC=C(C2=NC(C3=CCCC=C3)NC(C3C=CC=CC3)N2)C2C=CC=CC12. The Bertz CT molecular complexity index is 941. The second-order valence-corrected chi connectivity index (χ2v) is 8.98. The lowest BCUT2D eigenvalue weighted by Crippen LogP contribution is -2.58. The maximum atomic E-state index is 5.15. The summed E-state index contributed by atoms with van der Waals surface area (Å²) in [6.45, 7) is 0. The highest BCUT2D eigenvalue weighted by Crippen LogP contribution is 2.39. The fraction of sp³-hybridized carbons (Fsp3) is 0.320. The average Bonchev–Trinajstić information content (AvgIpc) is 2.80. The molecule has 0 aromatic rings. The van der Waals surface area contributed by atoms with Gasteiger partial charge in [-0.05, 0) is 24.8 Å². The van der Waals surface area contributed by atoms with Crippen LogP contribution in [0.15, 0.2) is 99.6 Å². The first-order valence-corrected chi connectivity index (χ1v) is 11.3. The first kappa shape index (κ1) is 18.8. The first-order chi connectivity index (χ1) is 14.3. The van der Waals surface area contributed by atoms with Gasteiger partial charge in [0.15, 0.2) is 0 Å². The van der Waals surface area contributed by atoms with Crippen molar-refractivity contribution < 1.29 is 0 Å². The minimum atomic E-state index is -0.0103. The molecule has 5 rings (SSSR count). The topological polar surface area (TPSA) is 36.4 Å². The second kappa shape index (κ2) is 8.29. The monoisotopic (exact) mass is 447 g/mol. The van der Waals surface area contributed by atoms with E-state index in [1.165, 1.54) is 15.6 Å². The van der Waals surface area contributed by atoms with Gasteiger partial charge in [0.05, 0.1) is 6.17 Å². The smallest absolute Gasteiger partial charge is 0.129 e. The molecule has 0 saturated carbocycles. The summed E-state index contributed by atoms with van der Waals surface area (Å²) in [5.41, 5.74) is 2.55. The summed E-state index contributed by atoms with van der Waals surface area (Å²) in [5.74, 6) is 2.09. The van der Waals surface area contributed by atoms with E-state index in [2.05, 4.69) is 106 Å². The van der Waals surface area contributed by atoms with Crippen LogP contribution in [0.2, 0.25) is 0 Å². The number of hydrogen-bond donors (Lipinski definition) is 2. The molecule has 5 atom stereocenters. The third-order valence-corrected chi connectivity index (χ3v) is 6.97. The van der Waals surface area contributed by atoms with Gasteiger partial charge >= 0.3 is 0 Å². The molecule has 0 fully saturated rings. The number of allylic oxidation sites excluding steroid dienone is 12. The summed E-state index contributed by atoms with van der Waals surface area (Å²) in [6.07, 6.45) is 32.3. The molecule has 148 valence electrons. The van der Waals surface area contributed by atoms with Crippen molar-refractivity contribution >= 4 is 21.8 Å². The van der Waals surface area contributed by atoms with Crippen LogP contribution in [0.4, 0.5) is 0 Å². The quantitative estimate of drug-likeness (QED) is 0.622. The van der Waals surface area contributed by atoms with E-state index in [1.54, 1.807) is 0 Å². The van der Waals surface area contributed by atoms with Crippen molar-refractivity contribution in [3.63, 3.8) is 0 Å². The van der Waals surface area contributed by atoms with Crippen molar-refractivity contribution in [2.45, 2.75) is 31.6 Å². The van der Waals surface area contributed by atoms with Gasteiger partial charge in [-0.2, -0.15) is 0 Å². The Balaban J connectivity index is 1.50. The highest BCUT2D eigenvalue weighted by Gasteiger charge is 2.35. The molecule has 1 aliphatic heterocycles. The molecule has 29 heavy (non-hydrogen) atoms. The number of nitrogens with one attached hydrogen (secondary N) is 2. The van der Waals surface area contributed by atoms with E-state index in [-0.39, 0.29) is 12.3 Å². The zero-order valence-corrected chi connectivity index (χ0v) is 17.9. The van der Waals surface area contributed by atoms with Crippen molar-refractivity contribution in [3.8, 4) is 0 Å². The predicted octanol–water partition coefficient (Wildman–Crippen LogP) is 5.22. The van der Waals surface area contributed by atoms with Gasteiger partial charge in [-0.3, -0.25) is 5.32 Å². The maximum Gasteiger partial charge on any atom is 0.129 e. The molecule has 0 aromatic carbocycles.